The number of fused-ring (bicyclic) bond motifs is 1. The fourth-order valence-corrected chi connectivity index (χ4v) is 1.13. The number of nitrogens with one attached hydrogen (secondary N) is 2. The number of H-pyrrole nitrogens is 2. The van der Waals surface area contributed by atoms with E-state index in [1.54, 1.807) is 24.3 Å². The van der Waals surface area contributed by atoms with Gasteiger partial charge in [-0.2, -0.15) is 0 Å². The van der Waals surface area contributed by atoms with Crippen molar-refractivity contribution in [2.45, 2.75) is 34.1 Å². The van der Waals surface area contributed by atoms with E-state index in [0.29, 0.717) is 10.8 Å². The van der Waals surface area contributed by atoms with Crippen molar-refractivity contribution in [2.75, 3.05) is 0 Å². The lowest BCUT2D eigenvalue weighted by Gasteiger charge is -1.92. The molecule has 0 aliphatic heterocycles. The van der Waals surface area contributed by atoms with Gasteiger partial charge in [0.1, 0.15) is 0 Å². The fourth-order valence-electron chi connectivity index (χ4n) is 1.13. The van der Waals surface area contributed by atoms with Gasteiger partial charge < -0.3 is 0 Å². The molecule has 1 aromatic heterocycles. The number of hydrogen-bond donors (Lipinski definition) is 2. The molecule has 0 unspecified atom stereocenters. The monoisotopic (exact) mass is 236 g/mol. The summed E-state index contributed by atoms with van der Waals surface area (Å²) in [4.78, 5) is 22.2. The lowest BCUT2D eigenvalue weighted by atomic mass is 10.2. The topological polar surface area (TPSA) is 65.7 Å². The van der Waals surface area contributed by atoms with Gasteiger partial charge in [0, 0.05) is 0 Å². The summed E-state index contributed by atoms with van der Waals surface area (Å²) < 4.78 is 0. The average Bonchev–Trinajstić information content (AvgIpc) is 2.38. The van der Waals surface area contributed by atoms with Gasteiger partial charge in [-0.1, -0.05) is 46.2 Å². The summed E-state index contributed by atoms with van der Waals surface area (Å²) in [6.45, 7) is 8.25. The minimum atomic E-state index is -0.273. The normalized spacial score (nSPS) is 8.71. The van der Waals surface area contributed by atoms with Gasteiger partial charge in [0.05, 0.1) is 10.8 Å². The molecule has 0 saturated heterocycles. The molecule has 0 fully saturated rings. The highest BCUT2D eigenvalue weighted by molar-refractivity contribution is 5.79. The van der Waals surface area contributed by atoms with Gasteiger partial charge in [0.15, 0.2) is 0 Å². The zero-order valence-electron chi connectivity index (χ0n) is 10.8. The van der Waals surface area contributed by atoms with Gasteiger partial charge in [0.25, 0.3) is 11.1 Å². The maximum atomic E-state index is 11.1. The van der Waals surface area contributed by atoms with Crippen molar-refractivity contribution in [1.29, 1.82) is 0 Å². The Morgan fingerprint density at radius 3 is 1.47 bits per heavy atom. The van der Waals surface area contributed by atoms with Crippen LogP contribution in [0, 0.1) is 0 Å². The van der Waals surface area contributed by atoms with Crippen LogP contribution in [0.2, 0.25) is 0 Å². The predicted octanol–water partition coefficient (Wildman–Crippen LogP) is 2.66. The van der Waals surface area contributed by atoms with Gasteiger partial charge in [-0.15, -0.1) is 0 Å². The zero-order chi connectivity index (χ0) is 13.3. The van der Waals surface area contributed by atoms with Crippen LogP contribution in [-0.2, 0) is 0 Å². The molecular formula is C13H20N2O2. The molecule has 4 heteroatoms. The third-order valence-electron chi connectivity index (χ3n) is 1.71. The molecule has 1 aromatic carbocycles. The maximum Gasteiger partial charge on any atom is 0.270 e. The summed E-state index contributed by atoms with van der Waals surface area (Å²) in [6, 6.07) is 6.67. The van der Waals surface area contributed by atoms with E-state index in [2.05, 4.69) is 24.0 Å². The van der Waals surface area contributed by atoms with Gasteiger partial charge in [-0.3, -0.25) is 19.8 Å². The number of aromatic amines is 2. The molecule has 0 atom stereocenters. The molecule has 2 N–H and O–H groups in total. The molecule has 4 nitrogen and oxygen atoms in total. The molecule has 17 heavy (non-hydrogen) atoms. The Morgan fingerprint density at radius 2 is 1.18 bits per heavy atom. The first kappa shape index (κ1) is 15.2. The number of benzene rings is 1. The minimum absolute atomic E-state index is 0.273. The van der Waals surface area contributed by atoms with Crippen molar-refractivity contribution in [1.82, 2.24) is 10.2 Å². The van der Waals surface area contributed by atoms with Gasteiger partial charge in [-0.25, -0.2) is 0 Å². The molecule has 0 amide bonds. The highest BCUT2D eigenvalue weighted by atomic mass is 16.1. The van der Waals surface area contributed by atoms with Crippen LogP contribution in [0.15, 0.2) is 33.9 Å². The quantitative estimate of drug-likeness (QED) is 0.738. The molecule has 0 saturated carbocycles. The van der Waals surface area contributed by atoms with Crippen LogP contribution in [0.25, 0.3) is 10.8 Å². The maximum absolute atomic E-state index is 11.1. The molecule has 0 aliphatic rings. The van der Waals surface area contributed by atoms with E-state index in [1.807, 2.05) is 13.8 Å². The smallest absolute Gasteiger partial charge is 0.267 e. The number of aromatic nitrogens is 2. The van der Waals surface area contributed by atoms with Crippen LogP contribution in [0.3, 0.4) is 0 Å². The molecule has 0 spiro atoms. The van der Waals surface area contributed by atoms with E-state index >= 15 is 0 Å². The molecule has 94 valence electrons. The van der Waals surface area contributed by atoms with Crippen LogP contribution in [0.4, 0.5) is 0 Å². The van der Waals surface area contributed by atoms with Crippen LogP contribution in [0.5, 0.6) is 0 Å². The minimum Gasteiger partial charge on any atom is -0.267 e. The largest absolute Gasteiger partial charge is 0.270 e. The molecular weight excluding hydrogens is 216 g/mol. The third-order valence-corrected chi connectivity index (χ3v) is 1.71. The summed E-state index contributed by atoms with van der Waals surface area (Å²) in [6.07, 6.45) is 1.25. The second-order valence-electron chi connectivity index (χ2n) is 3.16. The lowest BCUT2D eigenvalue weighted by molar-refractivity contribution is 0.976. The van der Waals surface area contributed by atoms with Crippen LogP contribution >= 0.6 is 0 Å². The fraction of sp³-hybridized carbons (Fsp3) is 0.385. The van der Waals surface area contributed by atoms with Crippen molar-refractivity contribution in [3.8, 4) is 0 Å². The Bertz CT molecular complexity index is 492. The van der Waals surface area contributed by atoms with E-state index in [4.69, 9.17) is 0 Å². The van der Waals surface area contributed by atoms with Crippen molar-refractivity contribution in [3.63, 3.8) is 0 Å². The van der Waals surface area contributed by atoms with Gasteiger partial charge in [-0.05, 0) is 12.1 Å². The molecule has 0 aliphatic carbocycles. The van der Waals surface area contributed by atoms with Crippen LogP contribution in [-0.4, -0.2) is 10.2 Å². The number of hydrogen-bond acceptors (Lipinski definition) is 2. The molecule has 0 bridgehead atoms. The van der Waals surface area contributed by atoms with Crippen molar-refractivity contribution < 1.29 is 0 Å². The lowest BCUT2D eigenvalue weighted by Crippen LogP contribution is -2.18. The Morgan fingerprint density at radius 1 is 0.882 bits per heavy atom. The van der Waals surface area contributed by atoms with Crippen LogP contribution in [0.1, 0.15) is 34.1 Å². The van der Waals surface area contributed by atoms with Gasteiger partial charge >= 0.3 is 0 Å². The first-order chi connectivity index (χ1) is 8.20. The highest BCUT2D eigenvalue weighted by Crippen LogP contribution is 2.00. The summed E-state index contributed by atoms with van der Waals surface area (Å²) in [5.41, 5.74) is -0.546. The van der Waals surface area contributed by atoms with Crippen molar-refractivity contribution >= 4 is 10.8 Å². The Balaban J connectivity index is 0.000000450. The first-order valence-electron chi connectivity index (χ1n) is 5.90. The van der Waals surface area contributed by atoms with E-state index in [0.717, 1.165) is 0 Å². The highest BCUT2D eigenvalue weighted by Gasteiger charge is 1.98. The van der Waals surface area contributed by atoms with E-state index in [9.17, 15) is 9.59 Å². The summed E-state index contributed by atoms with van der Waals surface area (Å²) in [5.74, 6) is 0. The standard InChI is InChI=1S/C8H6N2O2.C3H8.C2H6/c11-7-5-3-1-2-4-6(5)8(12)10-9-7;1-3-2;1-2/h1-4H,(H,9,11)(H,10,12);3H2,1-2H3;1-2H3. The zero-order valence-corrected chi connectivity index (χ0v) is 10.8. The molecule has 2 aromatic rings. The van der Waals surface area contributed by atoms with E-state index in [1.165, 1.54) is 6.42 Å². The first-order valence-corrected chi connectivity index (χ1v) is 5.90. The molecule has 0 radical (unpaired) electrons. The summed E-state index contributed by atoms with van der Waals surface area (Å²) in [5, 5.41) is 5.33. The number of rotatable bonds is 0. The second-order valence-corrected chi connectivity index (χ2v) is 3.16. The Labute approximate surface area is 101 Å². The summed E-state index contributed by atoms with van der Waals surface area (Å²) in [7, 11) is 0. The second kappa shape index (κ2) is 8.33. The van der Waals surface area contributed by atoms with E-state index in [-0.39, 0.29) is 11.1 Å². The third kappa shape index (κ3) is 4.26. The summed E-state index contributed by atoms with van der Waals surface area (Å²) >= 11 is 0. The van der Waals surface area contributed by atoms with Crippen molar-refractivity contribution in [2.24, 2.45) is 0 Å². The average molecular weight is 236 g/mol. The Kier molecular flexibility index (Phi) is 7.43. The Hall–Kier alpha value is -1.84. The van der Waals surface area contributed by atoms with Gasteiger partial charge in [0.2, 0.25) is 0 Å². The van der Waals surface area contributed by atoms with E-state index < -0.39 is 0 Å². The predicted molar refractivity (Wildman–Crippen MR) is 72.5 cm³/mol. The molecule has 2 rings (SSSR count). The van der Waals surface area contributed by atoms with Crippen molar-refractivity contribution in [3.05, 3.63) is 45.0 Å². The van der Waals surface area contributed by atoms with Crippen LogP contribution < -0.4 is 11.1 Å². The SMILES string of the molecule is CC.CCC.O=c1[nH][nH]c(=O)c2ccccc12. The molecule has 1 heterocycles.